The Morgan fingerprint density at radius 2 is 1.62 bits per heavy atom. The van der Waals surface area contributed by atoms with Gasteiger partial charge in [0.2, 0.25) is 0 Å². The van der Waals surface area contributed by atoms with Crippen molar-refractivity contribution in [3.8, 4) is 11.5 Å². The second-order valence-electron chi connectivity index (χ2n) is 4.87. The molecule has 0 aliphatic rings. The van der Waals surface area contributed by atoms with E-state index in [1.54, 1.807) is 7.11 Å². The van der Waals surface area contributed by atoms with Gasteiger partial charge < -0.3 is 14.8 Å². The lowest BCUT2D eigenvalue weighted by molar-refractivity contribution is 0.193. The average Bonchev–Trinajstić information content (AvgIpc) is 2.55. The highest BCUT2D eigenvalue weighted by Gasteiger charge is 2.15. The first-order valence-corrected chi connectivity index (χ1v) is 7.40. The van der Waals surface area contributed by atoms with Crippen LogP contribution < -0.4 is 14.8 Å². The van der Waals surface area contributed by atoms with Gasteiger partial charge in [-0.15, -0.1) is 0 Å². The second-order valence-corrected chi connectivity index (χ2v) is 4.87. The van der Waals surface area contributed by atoms with Crippen LogP contribution in [-0.2, 0) is 0 Å². The van der Waals surface area contributed by atoms with E-state index in [1.807, 2.05) is 42.5 Å². The SMILES string of the molecule is CCCNCC(Oc1ccccc1OC)c1ccccc1. The lowest BCUT2D eigenvalue weighted by Gasteiger charge is -2.21. The van der Waals surface area contributed by atoms with Gasteiger partial charge in [-0.3, -0.25) is 0 Å². The molecule has 0 amide bonds. The number of para-hydroxylation sites is 2. The maximum absolute atomic E-state index is 6.18. The van der Waals surface area contributed by atoms with Gasteiger partial charge in [-0.1, -0.05) is 49.4 Å². The zero-order chi connectivity index (χ0) is 14.9. The first kappa shape index (κ1) is 15.4. The summed E-state index contributed by atoms with van der Waals surface area (Å²) in [6.07, 6.45) is 1.07. The standard InChI is InChI=1S/C18H23NO2/c1-3-13-19-14-18(15-9-5-4-6-10-15)21-17-12-8-7-11-16(17)20-2/h4-12,18-19H,3,13-14H2,1-2H3. The van der Waals surface area contributed by atoms with Crippen LogP contribution >= 0.6 is 0 Å². The van der Waals surface area contributed by atoms with Crippen LogP contribution in [0.1, 0.15) is 25.0 Å². The third-order valence-corrected chi connectivity index (χ3v) is 3.27. The summed E-state index contributed by atoms with van der Waals surface area (Å²) in [5.41, 5.74) is 1.16. The maximum Gasteiger partial charge on any atom is 0.162 e. The van der Waals surface area contributed by atoms with Gasteiger partial charge in [0.25, 0.3) is 0 Å². The van der Waals surface area contributed by atoms with Gasteiger partial charge in [0.1, 0.15) is 6.10 Å². The molecule has 2 aromatic rings. The van der Waals surface area contributed by atoms with Crippen molar-refractivity contribution in [1.82, 2.24) is 5.32 Å². The molecule has 2 rings (SSSR count). The summed E-state index contributed by atoms with van der Waals surface area (Å²) in [6.45, 7) is 3.92. The molecule has 2 aromatic carbocycles. The lowest BCUT2D eigenvalue weighted by Crippen LogP contribution is -2.25. The van der Waals surface area contributed by atoms with Crippen molar-refractivity contribution in [1.29, 1.82) is 0 Å². The Bertz CT molecular complexity index is 528. The van der Waals surface area contributed by atoms with E-state index in [4.69, 9.17) is 9.47 Å². The Balaban J connectivity index is 2.15. The van der Waals surface area contributed by atoms with Crippen LogP contribution in [-0.4, -0.2) is 20.2 Å². The zero-order valence-electron chi connectivity index (χ0n) is 12.7. The number of hydrogen-bond acceptors (Lipinski definition) is 3. The van der Waals surface area contributed by atoms with Crippen LogP contribution in [0.4, 0.5) is 0 Å². The molecule has 1 N–H and O–H groups in total. The molecule has 1 atom stereocenters. The van der Waals surface area contributed by atoms with Crippen LogP contribution in [0.2, 0.25) is 0 Å². The van der Waals surface area contributed by atoms with Gasteiger partial charge in [0, 0.05) is 6.54 Å². The summed E-state index contributed by atoms with van der Waals surface area (Å²) >= 11 is 0. The quantitative estimate of drug-likeness (QED) is 0.748. The molecule has 112 valence electrons. The molecule has 3 nitrogen and oxygen atoms in total. The zero-order valence-corrected chi connectivity index (χ0v) is 12.7. The van der Waals surface area contributed by atoms with E-state index in [2.05, 4.69) is 24.4 Å². The van der Waals surface area contributed by atoms with Crippen molar-refractivity contribution in [2.24, 2.45) is 0 Å². The molecule has 0 radical (unpaired) electrons. The number of benzene rings is 2. The summed E-state index contributed by atoms with van der Waals surface area (Å²) in [5, 5.41) is 3.43. The van der Waals surface area contributed by atoms with Crippen molar-refractivity contribution in [3.63, 3.8) is 0 Å². The number of ether oxygens (including phenoxy) is 2. The third kappa shape index (κ3) is 4.50. The van der Waals surface area contributed by atoms with Gasteiger partial charge in [-0.05, 0) is 30.7 Å². The number of rotatable bonds is 8. The molecule has 21 heavy (non-hydrogen) atoms. The largest absolute Gasteiger partial charge is 0.493 e. The molecule has 0 bridgehead atoms. The Kier molecular flexibility index (Phi) is 6.10. The third-order valence-electron chi connectivity index (χ3n) is 3.27. The molecule has 0 fully saturated rings. The molecule has 0 saturated heterocycles. The molecule has 0 aliphatic carbocycles. The predicted octanol–water partition coefficient (Wildman–Crippen LogP) is 3.81. The normalized spacial score (nSPS) is 11.9. The molecule has 3 heteroatoms. The van der Waals surface area contributed by atoms with E-state index in [0.29, 0.717) is 0 Å². The predicted molar refractivity (Wildman–Crippen MR) is 86.0 cm³/mol. The van der Waals surface area contributed by atoms with E-state index in [1.165, 1.54) is 0 Å². The molecular weight excluding hydrogens is 262 g/mol. The number of nitrogens with one attached hydrogen (secondary N) is 1. The molecule has 0 aliphatic heterocycles. The lowest BCUT2D eigenvalue weighted by atomic mass is 10.1. The molecule has 0 heterocycles. The van der Waals surface area contributed by atoms with Crippen LogP contribution in [0.3, 0.4) is 0 Å². The van der Waals surface area contributed by atoms with Gasteiger partial charge in [0.15, 0.2) is 11.5 Å². The summed E-state index contributed by atoms with van der Waals surface area (Å²) in [4.78, 5) is 0. The Hall–Kier alpha value is -2.00. The average molecular weight is 285 g/mol. The second kappa shape index (κ2) is 8.32. The molecular formula is C18H23NO2. The van der Waals surface area contributed by atoms with Crippen LogP contribution in [0.5, 0.6) is 11.5 Å². The summed E-state index contributed by atoms with van der Waals surface area (Å²) in [7, 11) is 1.66. The van der Waals surface area contributed by atoms with E-state index in [0.717, 1.165) is 36.6 Å². The van der Waals surface area contributed by atoms with Crippen molar-refractivity contribution in [2.75, 3.05) is 20.2 Å². The monoisotopic (exact) mass is 285 g/mol. The first-order valence-electron chi connectivity index (χ1n) is 7.40. The fourth-order valence-corrected chi connectivity index (χ4v) is 2.17. The van der Waals surface area contributed by atoms with E-state index in [9.17, 15) is 0 Å². The van der Waals surface area contributed by atoms with Gasteiger partial charge in [0.05, 0.1) is 7.11 Å². The topological polar surface area (TPSA) is 30.5 Å². The first-order chi connectivity index (χ1) is 10.3. The molecule has 1 unspecified atom stereocenters. The Morgan fingerprint density at radius 3 is 2.29 bits per heavy atom. The number of hydrogen-bond donors (Lipinski definition) is 1. The highest BCUT2D eigenvalue weighted by atomic mass is 16.5. The van der Waals surface area contributed by atoms with E-state index < -0.39 is 0 Å². The fourth-order valence-electron chi connectivity index (χ4n) is 2.17. The van der Waals surface area contributed by atoms with Crippen molar-refractivity contribution in [3.05, 3.63) is 60.2 Å². The van der Waals surface area contributed by atoms with Gasteiger partial charge in [-0.25, -0.2) is 0 Å². The summed E-state index contributed by atoms with van der Waals surface area (Å²) < 4.78 is 11.5. The molecule has 0 aromatic heterocycles. The molecule has 0 saturated carbocycles. The van der Waals surface area contributed by atoms with Crippen LogP contribution in [0.25, 0.3) is 0 Å². The van der Waals surface area contributed by atoms with Crippen LogP contribution in [0, 0.1) is 0 Å². The van der Waals surface area contributed by atoms with Gasteiger partial charge >= 0.3 is 0 Å². The van der Waals surface area contributed by atoms with E-state index in [-0.39, 0.29) is 6.10 Å². The van der Waals surface area contributed by atoms with Crippen molar-refractivity contribution in [2.45, 2.75) is 19.4 Å². The van der Waals surface area contributed by atoms with Crippen molar-refractivity contribution < 1.29 is 9.47 Å². The number of methoxy groups -OCH3 is 1. The highest BCUT2D eigenvalue weighted by molar-refractivity contribution is 5.40. The Morgan fingerprint density at radius 1 is 0.952 bits per heavy atom. The fraction of sp³-hybridized carbons (Fsp3) is 0.333. The highest BCUT2D eigenvalue weighted by Crippen LogP contribution is 2.30. The minimum absolute atomic E-state index is 0.0333. The molecule has 0 spiro atoms. The van der Waals surface area contributed by atoms with Crippen LogP contribution in [0.15, 0.2) is 54.6 Å². The van der Waals surface area contributed by atoms with Crippen molar-refractivity contribution >= 4 is 0 Å². The minimum Gasteiger partial charge on any atom is -0.493 e. The maximum atomic E-state index is 6.18. The summed E-state index contributed by atoms with van der Waals surface area (Å²) in [5.74, 6) is 1.53. The van der Waals surface area contributed by atoms with Gasteiger partial charge in [-0.2, -0.15) is 0 Å². The minimum atomic E-state index is -0.0333. The van der Waals surface area contributed by atoms with E-state index >= 15 is 0 Å². The summed E-state index contributed by atoms with van der Waals surface area (Å²) in [6, 6.07) is 18.0. The smallest absolute Gasteiger partial charge is 0.162 e. The Labute approximate surface area is 126 Å².